The maximum atomic E-state index is 12.8. The smallest absolute Gasteiger partial charge is 0.253 e. The van der Waals surface area contributed by atoms with Gasteiger partial charge >= 0.3 is 0 Å². The number of carbonyl (C=O) groups is 1. The second-order valence-corrected chi connectivity index (χ2v) is 6.46. The van der Waals surface area contributed by atoms with Crippen molar-refractivity contribution in [3.63, 3.8) is 0 Å². The van der Waals surface area contributed by atoms with Crippen molar-refractivity contribution in [3.05, 3.63) is 66.9 Å². The standard InChI is InChI=1S/C20H21N5O/c1-23-15-22-14-19(23)16-4-6-17(7-5-16)20(26)25-11-9-24(10-12-25)18-3-2-8-21-13-18/h2-8,13-15H,9-12H2,1H3. The summed E-state index contributed by atoms with van der Waals surface area (Å²) in [5.41, 5.74) is 3.93. The maximum absolute atomic E-state index is 12.8. The molecule has 0 N–H and O–H groups in total. The van der Waals surface area contributed by atoms with E-state index in [0.717, 1.165) is 48.7 Å². The number of benzene rings is 1. The van der Waals surface area contributed by atoms with Crippen LogP contribution in [0.25, 0.3) is 11.3 Å². The SMILES string of the molecule is Cn1cncc1-c1ccc(C(=O)N2CCN(c3cccnc3)CC2)cc1. The predicted octanol–water partition coefficient (Wildman–Crippen LogP) is 2.44. The third-order valence-electron chi connectivity index (χ3n) is 4.82. The first kappa shape index (κ1) is 16.3. The number of hydrogen-bond donors (Lipinski definition) is 0. The Labute approximate surface area is 152 Å². The number of nitrogens with zero attached hydrogens (tertiary/aromatic N) is 5. The highest BCUT2D eigenvalue weighted by atomic mass is 16.2. The van der Waals surface area contributed by atoms with Crippen LogP contribution in [0, 0.1) is 0 Å². The zero-order valence-corrected chi connectivity index (χ0v) is 14.7. The average Bonchev–Trinajstić information content (AvgIpc) is 3.14. The zero-order valence-electron chi connectivity index (χ0n) is 14.7. The number of pyridine rings is 1. The van der Waals surface area contributed by atoms with Crippen LogP contribution in [0.4, 0.5) is 5.69 Å². The van der Waals surface area contributed by atoms with Crippen molar-refractivity contribution in [3.8, 4) is 11.3 Å². The quantitative estimate of drug-likeness (QED) is 0.730. The summed E-state index contributed by atoms with van der Waals surface area (Å²) >= 11 is 0. The van der Waals surface area contributed by atoms with Gasteiger partial charge in [0.05, 0.1) is 30.1 Å². The molecule has 132 valence electrons. The third kappa shape index (κ3) is 3.18. The van der Waals surface area contributed by atoms with E-state index in [4.69, 9.17) is 0 Å². The number of amides is 1. The minimum atomic E-state index is 0.0902. The molecule has 1 amide bonds. The van der Waals surface area contributed by atoms with E-state index in [1.165, 1.54) is 0 Å². The number of piperazine rings is 1. The number of aryl methyl sites for hydroxylation is 1. The Morgan fingerprint density at radius 1 is 0.962 bits per heavy atom. The second kappa shape index (κ2) is 7.00. The molecule has 0 atom stereocenters. The molecule has 0 unspecified atom stereocenters. The lowest BCUT2D eigenvalue weighted by atomic mass is 10.1. The van der Waals surface area contributed by atoms with Gasteiger partial charge in [0.25, 0.3) is 5.91 Å². The normalized spacial score (nSPS) is 14.5. The number of carbonyl (C=O) groups excluding carboxylic acids is 1. The van der Waals surface area contributed by atoms with Crippen LogP contribution < -0.4 is 4.90 Å². The first-order chi connectivity index (χ1) is 12.7. The minimum Gasteiger partial charge on any atom is -0.367 e. The Morgan fingerprint density at radius 3 is 2.35 bits per heavy atom. The molecule has 1 saturated heterocycles. The Bertz CT molecular complexity index is 880. The Kier molecular flexibility index (Phi) is 4.39. The summed E-state index contributed by atoms with van der Waals surface area (Å²) < 4.78 is 1.97. The second-order valence-electron chi connectivity index (χ2n) is 6.46. The highest BCUT2D eigenvalue weighted by molar-refractivity contribution is 5.94. The highest BCUT2D eigenvalue weighted by Crippen LogP contribution is 2.20. The first-order valence-electron chi connectivity index (χ1n) is 8.73. The van der Waals surface area contributed by atoms with Gasteiger partial charge in [-0.3, -0.25) is 9.78 Å². The van der Waals surface area contributed by atoms with Crippen molar-refractivity contribution in [2.75, 3.05) is 31.1 Å². The maximum Gasteiger partial charge on any atom is 0.253 e. The van der Waals surface area contributed by atoms with E-state index in [-0.39, 0.29) is 5.91 Å². The van der Waals surface area contributed by atoms with Crippen molar-refractivity contribution in [2.24, 2.45) is 7.05 Å². The van der Waals surface area contributed by atoms with Gasteiger partial charge in [0, 0.05) is 45.0 Å². The van der Waals surface area contributed by atoms with Gasteiger partial charge in [-0.15, -0.1) is 0 Å². The predicted molar refractivity (Wildman–Crippen MR) is 101 cm³/mol. The molecule has 26 heavy (non-hydrogen) atoms. The van der Waals surface area contributed by atoms with Crippen LogP contribution in [-0.4, -0.2) is 51.5 Å². The van der Waals surface area contributed by atoms with Crippen LogP contribution in [0.3, 0.4) is 0 Å². The van der Waals surface area contributed by atoms with Crippen LogP contribution >= 0.6 is 0 Å². The summed E-state index contributed by atoms with van der Waals surface area (Å²) in [4.78, 5) is 25.3. The lowest BCUT2D eigenvalue weighted by Crippen LogP contribution is -2.48. The van der Waals surface area contributed by atoms with Gasteiger partial charge < -0.3 is 14.4 Å². The molecule has 3 aromatic rings. The summed E-state index contributed by atoms with van der Waals surface area (Å²) in [5, 5.41) is 0. The molecule has 6 nitrogen and oxygen atoms in total. The van der Waals surface area contributed by atoms with Crippen LogP contribution in [0.5, 0.6) is 0 Å². The summed E-state index contributed by atoms with van der Waals surface area (Å²) in [6.45, 7) is 3.09. The van der Waals surface area contributed by atoms with E-state index in [1.807, 2.05) is 59.2 Å². The fraction of sp³-hybridized carbons (Fsp3) is 0.250. The third-order valence-corrected chi connectivity index (χ3v) is 4.82. The molecule has 3 heterocycles. The van der Waals surface area contributed by atoms with Crippen molar-refractivity contribution >= 4 is 11.6 Å². The Hall–Kier alpha value is -3.15. The summed E-state index contributed by atoms with van der Waals surface area (Å²) in [7, 11) is 1.96. The molecule has 1 aliphatic rings. The molecule has 1 aliphatic heterocycles. The molecule has 6 heteroatoms. The molecule has 1 aromatic carbocycles. The number of aromatic nitrogens is 3. The average molecular weight is 347 g/mol. The number of rotatable bonds is 3. The van der Waals surface area contributed by atoms with Gasteiger partial charge in [0.2, 0.25) is 0 Å². The largest absolute Gasteiger partial charge is 0.367 e. The summed E-state index contributed by atoms with van der Waals surface area (Å²) in [6, 6.07) is 11.8. The molecule has 0 spiro atoms. The number of imidazole rings is 1. The highest BCUT2D eigenvalue weighted by Gasteiger charge is 2.22. The number of anilines is 1. The van der Waals surface area contributed by atoms with Gasteiger partial charge in [-0.25, -0.2) is 4.98 Å². The molecule has 0 radical (unpaired) electrons. The van der Waals surface area contributed by atoms with Crippen molar-refractivity contribution in [2.45, 2.75) is 0 Å². The van der Waals surface area contributed by atoms with Crippen molar-refractivity contribution in [1.82, 2.24) is 19.4 Å². The van der Waals surface area contributed by atoms with Crippen LogP contribution in [0.15, 0.2) is 61.3 Å². The minimum absolute atomic E-state index is 0.0902. The molecular formula is C20H21N5O. The molecule has 0 bridgehead atoms. The lowest BCUT2D eigenvalue weighted by molar-refractivity contribution is 0.0747. The Morgan fingerprint density at radius 2 is 1.73 bits per heavy atom. The molecule has 0 aliphatic carbocycles. The van der Waals surface area contributed by atoms with E-state index in [1.54, 1.807) is 12.5 Å². The molecule has 1 fully saturated rings. The van der Waals surface area contributed by atoms with Crippen molar-refractivity contribution in [1.29, 1.82) is 0 Å². The van der Waals surface area contributed by atoms with Gasteiger partial charge in [-0.1, -0.05) is 12.1 Å². The monoisotopic (exact) mass is 347 g/mol. The fourth-order valence-electron chi connectivity index (χ4n) is 3.31. The first-order valence-corrected chi connectivity index (χ1v) is 8.73. The van der Waals surface area contributed by atoms with Gasteiger partial charge in [0.15, 0.2) is 0 Å². The molecule has 2 aromatic heterocycles. The Balaban J connectivity index is 1.41. The molecular weight excluding hydrogens is 326 g/mol. The summed E-state index contributed by atoms with van der Waals surface area (Å²) in [5.74, 6) is 0.0902. The topological polar surface area (TPSA) is 54.3 Å². The van der Waals surface area contributed by atoms with E-state index in [2.05, 4.69) is 20.9 Å². The van der Waals surface area contributed by atoms with Crippen molar-refractivity contribution < 1.29 is 4.79 Å². The summed E-state index contributed by atoms with van der Waals surface area (Å²) in [6.07, 6.45) is 7.25. The van der Waals surface area contributed by atoms with Crippen LogP contribution in [-0.2, 0) is 7.05 Å². The molecule has 0 saturated carbocycles. The van der Waals surface area contributed by atoms with E-state index < -0.39 is 0 Å². The van der Waals surface area contributed by atoms with E-state index in [0.29, 0.717) is 0 Å². The van der Waals surface area contributed by atoms with E-state index >= 15 is 0 Å². The number of hydrogen-bond acceptors (Lipinski definition) is 4. The fourth-order valence-corrected chi connectivity index (χ4v) is 3.31. The van der Waals surface area contributed by atoms with E-state index in [9.17, 15) is 4.79 Å². The lowest BCUT2D eigenvalue weighted by Gasteiger charge is -2.36. The van der Waals surface area contributed by atoms with Gasteiger partial charge in [-0.05, 0) is 29.8 Å². The van der Waals surface area contributed by atoms with Gasteiger partial charge in [-0.2, -0.15) is 0 Å². The van der Waals surface area contributed by atoms with Crippen LogP contribution in [0.2, 0.25) is 0 Å². The van der Waals surface area contributed by atoms with Gasteiger partial charge in [0.1, 0.15) is 0 Å². The zero-order chi connectivity index (χ0) is 17.9. The van der Waals surface area contributed by atoms with Crippen LogP contribution in [0.1, 0.15) is 10.4 Å². The molecule has 4 rings (SSSR count).